The third kappa shape index (κ3) is 4.06. The molecule has 0 saturated heterocycles. The molecule has 0 amide bonds. The second-order valence-electron chi connectivity index (χ2n) is 9.25. The zero-order valence-electron chi connectivity index (χ0n) is 20.9. The number of hydrogen-bond donors (Lipinski definition) is 1. The van der Waals surface area contributed by atoms with Gasteiger partial charge in [-0.05, 0) is 54.1 Å². The smallest absolute Gasteiger partial charge is 0.219 e. The molecular weight excluding hydrogens is 482 g/mol. The van der Waals surface area contributed by atoms with Crippen LogP contribution in [0.1, 0.15) is 0 Å². The Balaban J connectivity index is 1.37. The molecule has 5 nitrogen and oxygen atoms in total. The number of hydrogen-bond acceptors (Lipinski definition) is 4. The topological polar surface area (TPSA) is 60.2 Å². The highest BCUT2D eigenvalue weighted by molar-refractivity contribution is 6.10. The zero-order valence-corrected chi connectivity index (χ0v) is 20.9. The average Bonchev–Trinajstić information content (AvgIpc) is 3.31. The van der Waals surface area contributed by atoms with Crippen molar-refractivity contribution in [3.8, 4) is 45.6 Å². The third-order valence-electron chi connectivity index (χ3n) is 6.85. The van der Waals surface area contributed by atoms with E-state index in [2.05, 4.69) is 58.1 Å². The molecule has 39 heavy (non-hydrogen) atoms. The van der Waals surface area contributed by atoms with Crippen LogP contribution in [0.3, 0.4) is 0 Å². The molecule has 7 rings (SSSR count). The molecule has 186 valence electrons. The highest BCUT2D eigenvalue weighted by Crippen LogP contribution is 2.37. The second-order valence-corrected chi connectivity index (χ2v) is 9.25. The molecule has 4 aromatic carbocycles. The summed E-state index contributed by atoms with van der Waals surface area (Å²) < 4.78 is 8.46. The van der Waals surface area contributed by atoms with Crippen LogP contribution in [-0.2, 0) is 0 Å². The zero-order chi connectivity index (χ0) is 26.2. The van der Waals surface area contributed by atoms with E-state index in [9.17, 15) is 5.11 Å². The van der Waals surface area contributed by atoms with Crippen LogP contribution in [-0.4, -0.2) is 19.6 Å². The molecule has 0 aliphatic rings. The van der Waals surface area contributed by atoms with Crippen molar-refractivity contribution in [3.05, 3.63) is 134 Å². The van der Waals surface area contributed by atoms with Gasteiger partial charge >= 0.3 is 0 Å². The molecule has 3 heterocycles. The molecule has 0 aliphatic heterocycles. The standard InChI is InChI=1S/C34H23N3O2/c38-32-17-7-5-13-28(32)29-15-8-18-33(36-29)39-24-19-20-27-26-12-4-6-16-30(26)37(31(27)22-24)34-25(14-9-21-35-34)23-10-2-1-3-11-23/h1-22,38H. The van der Waals surface area contributed by atoms with Crippen molar-refractivity contribution in [2.75, 3.05) is 0 Å². The minimum atomic E-state index is 0.178. The van der Waals surface area contributed by atoms with Crippen LogP contribution in [0.4, 0.5) is 0 Å². The number of aromatic hydroxyl groups is 1. The summed E-state index contributed by atoms with van der Waals surface area (Å²) in [7, 11) is 0. The fourth-order valence-corrected chi connectivity index (χ4v) is 5.09. The molecule has 7 aromatic rings. The molecule has 0 spiro atoms. The number of phenols is 1. The fourth-order valence-electron chi connectivity index (χ4n) is 5.09. The van der Waals surface area contributed by atoms with E-state index < -0.39 is 0 Å². The molecule has 0 aliphatic carbocycles. The van der Waals surface area contributed by atoms with Crippen molar-refractivity contribution >= 4 is 21.8 Å². The second kappa shape index (κ2) is 9.47. The van der Waals surface area contributed by atoms with Gasteiger partial charge in [0.15, 0.2) is 0 Å². The minimum absolute atomic E-state index is 0.178. The maximum atomic E-state index is 10.3. The van der Waals surface area contributed by atoms with E-state index in [1.807, 2.05) is 72.9 Å². The normalized spacial score (nSPS) is 11.2. The van der Waals surface area contributed by atoms with Crippen molar-refractivity contribution in [1.82, 2.24) is 14.5 Å². The van der Waals surface area contributed by atoms with Crippen molar-refractivity contribution in [3.63, 3.8) is 0 Å². The van der Waals surface area contributed by atoms with Gasteiger partial charge in [-0.3, -0.25) is 4.57 Å². The van der Waals surface area contributed by atoms with E-state index in [-0.39, 0.29) is 5.75 Å². The Morgan fingerprint density at radius 2 is 1.38 bits per heavy atom. The quantitative estimate of drug-likeness (QED) is 0.255. The van der Waals surface area contributed by atoms with Gasteiger partial charge in [-0.1, -0.05) is 66.7 Å². The van der Waals surface area contributed by atoms with Crippen molar-refractivity contribution < 1.29 is 9.84 Å². The van der Waals surface area contributed by atoms with Gasteiger partial charge in [-0.2, -0.15) is 0 Å². The number of para-hydroxylation sites is 2. The Labute approximate surface area is 225 Å². The number of phenolic OH excluding ortho intramolecular Hbond substituents is 1. The summed E-state index contributed by atoms with van der Waals surface area (Å²) in [6, 6.07) is 41.5. The molecule has 3 aromatic heterocycles. The maximum absolute atomic E-state index is 10.3. The summed E-state index contributed by atoms with van der Waals surface area (Å²) in [4.78, 5) is 9.51. The van der Waals surface area contributed by atoms with Gasteiger partial charge in [0.05, 0.1) is 16.7 Å². The van der Waals surface area contributed by atoms with Crippen molar-refractivity contribution in [2.24, 2.45) is 0 Å². The Morgan fingerprint density at radius 1 is 0.615 bits per heavy atom. The van der Waals surface area contributed by atoms with Gasteiger partial charge in [0.1, 0.15) is 17.3 Å². The van der Waals surface area contributed by atoms with Gasteiger partial charge < -0.3 is 9.84 Å². The Hall–Kier alpha value is -5.42. The molecule has 5 heteroatoms. The predicted molar refractivity (Wildman–Crippen MR) is 155 cm³/mol. The number of pyridine rings is 2. The Morgan fingerprint density at radius 3 is 2.28 bits per heavy atom. The molecule has 0 saturated carbocycles. The predicted octanol–water partition coefficient (Wildman–Crippen LogP) is 8.41. The lowest BCUT2D eigenvalue weighted by molar-refractivity contribution is 0.463. The molecule has 1 N–H and O–H groups in total. The Bertz CT molecular complexity index is 1960. The minimum Gasteiger partial charge on any atom is -0.507 e. The molecule has 0 fully saturated rings. The van der Waals surface area contributed by atoms with Gasteiger partial charge in [-0.15, -0.1) is 0 Å². The molecule has 0 atom stereocenters. The number of aromatic nitrogens is 3. The number of ether oxygens (including phenoxy) is 1. The van der Waals surface area contributed by atoms with E-state index in [0.29, 0.717) is 22.9 Å². The van der Waals surface area contributed by atoms with Crippen LogP contribution in [0.25, 0.3) is 50.0 Å². The Kier molecular flexibility index (Phi) is 5.52. The van der Waals surface area contributed by atoms with E-state index in [1.165, 1.54) is 0 Å². The lowest BCUT2D eigenvalue weighted by Crippen LogP contribution is -2.00. The molecule has 0 unspecified atom stereocenters. The third-order valence-corrected chi connectivity index (χ3v) is 6.85. The van der Waals surface area contributed by atoms with Crippen LogP contribution in [0, 0.1) is 0 Å². The van der Waals surface area contributed by atoms with Gasteiger partial charge in [0, 0.05) is 40.2 Å². The van der Waals surface area contributed by atoms with Gasteiger partial charge in [0.2, 0.25) is 5.88 Å². The summed E-state index contributed by atoms with van der Waals surface area (Å²) in [6.07, 6.45) is 1.83. The fraction of sp³-hybridized carbons (Fsp3) is 0. The first-order valence-electron chi connectivity index (χ1n) is 12.7. The van der Waals surface area contributed by atoms with E-state index >= 15 is 0 Å². The SMILES string of the molecule is Oc1ccccc1-c1cccc(Oc2ccc3c4ccccc4n(-c4ncccc4-c4ccccc4)c3c2)n1. The largest absolute Gasteiger partial charge is 0.507 e. The summed E-state index contributed by atoms with van der Waals surface area (Å²) in [5, 5.41) is 12.5. The number of nitrogens with zero attached hydrogens (tertiary/aromatic N) is 3. The molecular formula is C34H23N3O2. The summed E-state index contributed by atoms with van der Waals surface area (Å²) in [5.41, 5.74) is 5.50. The highest BCUT2D eigenvalue weighted by Gasteiger charge is 2.17. The van der Waals surface area contributed by atoms with E-state index in [0.717, 1.165) is 38.8 Å². The lowest BCUT2D eigenvalue weighted by atomic mass is 10.1. The first-order chi connectivity index (χ1) is 19.3. The van der Waals surface area contributed by atoms with Crippen LogP contribution in [0.5, 0.6) is 17.4 Å². The summed E-state index contributed by atoms with van der Waals surface area (Å²) in [5.74, 6) is 2.13. The van der Waals surface area contributed by atoms with E-state index in [4.69, 9.17) is 9.72 Å². The monoisotopic (exact) mass is 505 g/mol. The maximum Gasteiger partial charge on any atom is 0.219 e. The number of rotatable bonds is 5. The summed E-state index contributed by atoms with van der Waals surface area (Å²) in [6.45, 7) is 0. The molecule has 0 radical (unpaired) electrons. The highest BCUT2D eigenvalue weighted by atomic mass is 16.5. The molecule has 0 bridgehead atoms. The van der Waals surface area contributed by atoms with Gasteiger partial charge in [0.25, 0.3) is 0 Å². The van der Waals surface area contributed by atoms with Crippen LogP contribution >= 0.6 is 0 Å². The van der Waals surface area contributed by atoms with Crippen molar-refractivity contribution in [1.29, 1.82) is 0 Å². The van der Waals surface area contributed by atoms with Crippen LogP contribution < -0.4 is 4.74 Å². The average molecular weight is 506 g/mol. The summed E-state index contributed by atoms with van der Waals surface area (Å²) >= 11 is 0. The first-order valence-corrected chi connectivity index (χ1v) is 12.7. The number of benzene rings is 4. The number of fused-ring (bicyclic) bond motifs is 3. The lowest BCUT2D eigenvalue weighted by Gasteiger charge is -2.13. The van der Waals surface area contributed by atoms with Gasteiger partial charge in [-0.25, -0.2) is 9.97 Å². The van der Waals surface area contributed by atoms with Crippen LogP contribution in [0.15, 0.2) is 134 Å². The van der Waals surface area contributed by atoms with Crippen LogP contribution in [0.2, 0.25) is 0 Å². The van der Waals surface area contributed by atoms with Crippen molar-refractivity contribution in [2.45, 2.75) is 0 Å². The van der Waals surface area contributed by atoms with E-state index in [1.54, 1.807) is 12.1 Å². The first kappa shape index (κ1) is 22.8.